The van der Waals surface area contributed by atoms with Gasteiger partial charge in [-0.25, -0.2) is 4.98 Å². The van der Waals surface area contributed by atoms with Gasteiger partial charge >= 0.3 is 0 Å². The minimum absolute atomic E-state index is 0.0477. The Morgan fingerprint density at radius 2 is 2.04 bits per heavy atom. The highest BCUT2D eigenvalue weighted by Crippen LogP contribution is 2.20. The van der Waals surface area contributed by atoms with Crippen molar-refractivity contribution >= 4 is 28.6 Å². The molecule has 0 aliphatic heterocycles. The molecule has 0 fully saturated rings. The lowest BCUT2D eigenvalue weighted by atomic mass is 10.1. The van der Waals surface area contributed by atoms with Crippen molar-refractivity contribution in [1.29, 1.82) is 0 Å². The first-order chi connectivity index (χ1) is 11.6. The zero-order valence-corrected chi connectivity index (χ0v) is 13.8. The quantitative estimate of drug-likeness (QED) is 0.720. The van der Waals surface area contributed by atoms with Crippen LogP contribution in [-0.2, 0) is 24.3 Å². The number of fused-ring (bicyclic) bond motifs is 1. The predicted octanol–water partition coefficient (Wildman–Crippen LogP) is 3.19. The lowest BCUT2D eigenvalue weighted by Crippen LogP contribution is -2.23. The highest BCUT2D eigenvalue weighted by atomic mass is 35.5. The number of rotatable bonds is 6. The largest absolute Gasteiger partial charge is 0.441 e. The van der Waals surface area contributed by atoms with Gasteiger partial charge in [-0.1, -0.05) is 35.9 Å². The number of nitrogens with zero attached hydrogens (tertiary/aromatic N) is 1. The zero-order chi connectivity index (χ0) is 16.9. The Hall–Kier alpha value is -2.37. The Morgan fingerprint density at radius 3 is 2.88 bits per heavy atom. The molecule has 24 heavy (non-hydrogen) atoms. The minimum atomic E-state index is -0.0477. The summed E-state index contributed by atoms with van der Waals surface area (Å²) in [6.07, 6.45) is 0.762. The smallest absolute Gasteiger partial charge is 0.220 e. The van der Waals surface area contributed by atoms with Gasteiger partial charge in [0.1, 0.15) is 5.52 Å². The maximum absolute atomic E-state index is 12.0. The van der Waals surface area contributed by atoms with Gasteiger partial charge < -0.3 is 15.5 Å². The third kappa shape index (κ3) is 4.13. The SMILES string of the molecule is NCc1cccc(CNC(=O)CCc2nc3cc(Cl)ccc3o2)c1. The topological polar surface area (TPSA) is 81.1 Å². The van der Waals surface area contributed by atoms with Crippen LogP contribution in [0.2, 0.25) is 5.02 Å². The van der Waals surface area contributed by atoms with Crippen molar-refractivity contribution in [3.8, 4) is 0 Å². The third-order valence-electron chi connectivity index (χ3n) is 3.68. The van der Waals surface area contributed by atoms with Crippen LogP contribution >= 0.6 is 11.6 Å². The zero-order valence-electron chi connectivity index (χ0n) is 13.1. The predicted molar refractivity (Wildman–Crippen MR) is 93.5 cm³/mol. The minimum Gasteiger partial charge on any atom is -0.441 e. The van der Waals surface area contributed by atoms with Crippen LogP contribution in [0.4, 0.5) is 0 Å². The average molecular weight is 344 g/mol. The van der Waals surface area contributed by atoms with E-state index in [1.165, 1.54) is 0 Å². The van der Waals surface area contributed by atoms with Gasteiger partial charge in [0.15, 0.2) is 11.5 Å². The van der Waals surface area contributed by atoms with Crippen molar-refractivity contribution in [2.75, 3.05) is 0 Å². The van der Waals surface area contributed by atoms with Gasteiger partial charge in [-0.3, -0.25) is 4.79 Å². The molecule has 2 aromatic carbocycles. The van der Waals surface area contributed by atoms with Crippen molar-refractivity contribution in [2.45, 2.75) is 25.9 Å². The molecule has 0 saturated carbocycles. The Bertz CT molecular complexity index is 860. The van der Waals surface area contributed by atoms with Gasteiger partial charge in [0, 0.05) is 31.0 Å². The Morgan fingerprint density at radius 1 is 1.21 bits per heavy atom. The molecule has 0 spiro atoms. The highest BCUT2D eigenvalue weighted by molar-refractivity contribution is 6.31. The number of nitrogens with two attached hydrogens (primary N) is 1. The summed E-state index contributed by atoms with van der Waals surface area (Å²) in [5.74, 6) is 0.487. The average Bonchev–Trinajstić information content (AvgIpc) is 3.00. The van der Waals surface area contributed by atoms with Crippen molar-refractivity contribution in [3.05, 3.63) is 64.5 Å². The monoisotopic (exact) mass is 343 g/mol. The summed E-state index contributed by atoms with van der Waals surface area (Å²) in [5.41, 5.74) is 9.07. The number of aryl methyl sites for hydroxylation is 1. The molecular weight excluding hydrogens is 326 g/mol. The van der Waals surface area contributed by atoms with Gasteiger partial charge in [0.2, 0.25) is 5.91 Å². The molecule has 1 aromatic heterocycles. The maximum atomic E-state index is 12.0. The number of carbonyl (C=O) groups is 1. The molecule has 124 valence electrons. The van der Waals surface area contributed by atoms with Crippen LogP contribution in [0.5, 0.6) is 0 Å². The number of halogens is 1. The van der Waals surface area contributed by atoms with Crippen LogP contribution in [0.25, 0.3) is 11.1 Å². The Kier molecular flexibility index (Phi) is 5.13. The van der Waals surface area contributed by atoms with Crippen LogP contribution in [0.3, 0.4) is 0 Å². The van der Waals surface area contributed by atoms with E-state index in [9.17, 15) is 4.79 Å². The number of carbonyl (C=O) groups excluding carboxylic acids is 1. The molecule has 0 radical (unpaired) electrons. The van der Waals surface area contributed by atoms with E-state index in [4.69, 9.17) is 21.8 Å². The highest BCUT2D eigenvalue weighted by Gasteiger charge is 2.09. The van der Waals surface area contributed by atoms with Crippen LogP contribution in [-0.4, -0.2) is 10.9 Å². The molecule has 1 heterocycles. The Balaban J connectivity index is 1.52. The van der Waals surface area contributed by atoms with Crippen molar-refractivity contribution in [1.82, 2.24) is 10.3 Å². The number of nitrogens with one attached hydrogen (secondary N) is 1. The first kappa shape index (κ1) is 16.5. The standard InChI is InChI=1S/C18H18ClN3O2/c19-14-4-5-16-15(9-14)22-18(24-16)7-6-17(23)21-11-13-3-1-2-12(8-13)10-20/h1-5,8-9H,6-7,10-11,20H2,(H,21,23). The van der Waals surface area contributed by atoms with Gasteiger partial charge in [0.25, 0.3) is 0 Å². The second kappa shape index (κ2) is 7.47. The number of hydrogen-bond donors (Lipinski definition) is 2. The summed E-state index contributed by atoms with van der Waals surface area (Å²) >= 11 is 5.92. The van der Waals surface area contributed by atoms with E-state index in [0.29, 0.717) is 47.9 Å². The van der Waals surface area contributed by atoms with Crippen molar-refractivity contribution in [2.24, 2.45) is 5.73 Å². The summed E-state index contributed by atoms with van der Waals surface area (Å²) < 4.78 is 5.60. The fourth-order valence-corrected chi connectivity index (χ4v) is 2.60. The summed E-state index contributed by atoms with van der Waals surface area (Å²) in [6.45, 7) is 0.972. The number of benzene rings is 2. The van der Waals surface area contributed by atoms with E-state index >= 15 is 0 Å². The van der Waals surface area contributed by atoms with Gasteiger partial charge in [-0.05, 0) is 29.3 Å². The van der Waals surface area contributed by atoms with E-state index < -0.39 is 0 Å². The summed E-state index contributed by atoms with van der Waals surface area (Å²) in [4.78, 5) is 16.3. The second-order valence-electron chi connectivity index (χ2n) is 5.52. The lowest BCUT2D eigenvalue weighted by Gasteiger charge is -2.06. The Labute approximate surface area is 144 Å². The third-order valence-corrected chi connectivity index (χ3v) is 3.91. The maximum Gasteiger partial charge on any atom is 0.220 e. The molecule has 3 rings (SSSR count). The number of amides is 1. The van der Waals surface area contributed by atoms with E-state index in [1.807, 2.05) is 24.3 Å². The van der Waals surface area contributed by atoms with Crippen LogP contribution in [0.15, 0.2) is 46.9 Å². The van der Waals surface area contributed by atoms with Crippen LogP contribution < -0.4 is 11.1 Å². The van der Waals surface area contributed by atoms with E-state index in [-0.39, 0.29) is 5.91 Å². The fraction of sp³-hybridized carbons (Fsp3) is 0.222. The van der Waals surface area contributed by atoms with Gasteiger partial charge in [-0.2, -0.15) is 0 Å². The van der Waals surface area contributed by atoms with E-state index in [2.05, 4.69) is 10.3 Å². The van der Waals surface area contributed by atoms with Gasteiger partial charge in [0.05, 0.1) is 0 Å². The molecule has 3 N–H and O–H groups in total. The number of hydrogen-bond acceptors (Lipinski definition) is 4. The molecular formula is C18H18ClN3O2. The molecule has 0 unspecified atom stereocenters. The molecule has 3 aromatic rings. The first-order valence-electron chi connectivity index (χ1n) is 7.73. The molecule has 6 heteroatoms. The van der Waals surface area contributed by atoms with Crippen LogP contribution in [0.1, 0.15) is 23.4 Å². The fourth-order valence-electron chi connectivity index (χ4n) is 2.43. The molecule has 0 atom stereocenters. The molecule has 5 nitrogen and oxygen atoms in total. The molecule has 1 amide bonds. The summed E-state index contributed by atoms with van der Waals surface area (Å²) in [5, 5.41) is 3.50. The van der Waals surface area contributed by atoms with Crippen LogP contribution in [0, 0.1) is 0 Å². The summed E-state index contributed by atoms with van der Waals surface area (Å²) in [6, 6.07) is 13.1. The van der Waals surface area contributed by atoms with E-state index in [1.54, 1.807) is 18.2 Å². The van der Waals surface area contributed by atoms with Crippen molar-refractivity contribution < 1.29 is 9.21 Å². The lowest BCUT2D eigenvalue weighted by molar-refractivity contribution is -0.121. The molecule has 0 aliphatic carbocycles. The normalized spacial score (nSPS) is 10.9. The van der Waals surface area contributed by atoms with E-state index in [0.717, 1.165) is 11.1 Å². The molecule has 0 bridgehead atoms. The number of oxazole rings is 1. The number of aromatic nitrogens is 1. The molecule has 0 aliphatic rings. The second-order valence-corrected chi connectivity index (χ2v) is 5.96. The van der Waals surface area contributed by atoms with Crippen molar-refractivity contribution in [3.63, 3.8) is 0 Å². The molecule has 0 saturated heterocycles. The summed E-state index contributed by atoms with van der Waals surface area (Å²) in [7, 11) is 0. The van der Waals surface area contributed by atoms with Gasteiger partial charge in [-0.15, -0.1) is 0 Å². The first-order valence-corrected chi connectivity index (χ1v) is 8.11.